The largest absolute Gasteiger partial charge is 0.354 e. The van der Waals surface area contributed by atoms with Crippen LogP contribution in [0.2, 0.25) is 0 Å². The van der Waals surface area contributed by atoms with Gasteiger partial charge in [0.15, 0.2) is 0 Å². The third-order valence-corrected chi connectivity index (χ3v) is 6.70. The van der Waals surface area contributed by atoms with Crippen LogP contribution in [0.1, 0.15) is 42.5 Å². The molecule has 1 fully saturated rings. The third-order valence-electron chi connectivity index (χ3n) is 4.85. The first kappa shape index (κ1) is 19.6. The van der Waals surface area contributed by atoms with Crippen LogP contribution in [-0.4, -0.2) is 50.7 Å². The number of hydrogen-bond acceptors (Lipinski definition) is 4. The lowest BCUT2D eigenvalue weighted by Gasteiger charge is -2.26. The molecule has 0 radical (unpaired) electrons. The average molecular weight is 391 g/mol. The van der Waals surface area contributed by atoms with E-state index >= 15 is 0 Å². The van der Waals surface area contributed by atoms with Crippen molar-refractivity contribution in [3.8, 4) is 0 Å². The predicted molar refractivity (Wildman–Crippen MR) is 102 cm³/mol. The molecule has 0 atom stereocenters. The smallest absolute Gasteiger partial charge is 0.251 e. The maximum atomic E-state index is 12.7. The molecule has 0 spiro atoms. The van der Waals surface area contributed by atoms with Gasteiger partial charge in [0.25, 0.3) is 5.91 Å². The Morgan fingerprint density at radius 2 is 2.11 bits per heavy atom. The Labute approximate surface area is 159 Å². The van der Waals surface area contributed by atoms with E-state index in [9.17, 15) is 18.0 Å². The highest BCUT2D eigenvalue weighted by Gasteiger charge is 2.29. The Bertz CT molecular complexity index is 848. The van der Waals surface area contributed by atoms with Crippen molar-refractivity contribution in [1.29, 1.82) is 0 Å². The molecule has 1 aliphatic carbocycles. The second kappa shape index (κ2) is 8.67. The van der Waals surface area contributed by atoms with Crippen LogP contribution < -0.4 is 10.6 Å². The number of nitrogens with one attached hydrogen (secondary N) is 2. The van der Waals surface area contributed by atoms with E-state index in [1.54, 1.807) is 12.1 Å². The highest BCUT2D eigenvalue weighted by Crippen LogP contribution is 2.20. The van der Waals surface area contributed by atoms with Crippen LogP contribution in [0, 0.1) is 0 Å². The quantitative estimate of drug-likeness (QED) is 0.717. The summed E-state index contributed by atoms with van der Waals surface area (Å²) < 4.78 is 26.6. The number of allylic oxidation sites excluding steroid dienone is 1. The molecule has 7 nitrogen and oxygen atoms in total. The number of amides is 2. The molecule has 2 aliphatic rings. The molecular formula is C19H25N3O4S. The number of nitrogens with zero attached hydrogens (tertiary/aromatic N) is 1. The van der Waals surface area contributed by atoms with E-state index in [1.165, 1.54) is 30.5 Å². The molecule has 1 aliphatic heterocycles. The fraction of sp³-hybridized carbons (Fsp3) is 0.474. The lowest BCUT2D eigenvalue weighted by Crippen LogP contribution is -2.49. The van der Waals surface area contributed by atoms with Crippen LogP contribution in [0.25, 0.3) is 0 Å². The van der Waals surface area contributed by atoms with Crippen LogP contribution in [0.4, 0.5) is 0 Å². The SMILES string of the molecule is O=C1CN(S(=O)(=O)c2cccc(C(=O)NCCC3=CCCCC3)c2)CCN1. The minimum Gasteiger partial charge on any atom is -0.354 e. The number of hydrogen-bond donors (Lipinski definition) is 2. The Kier molecular flexibility index (Phi) is 6.28. The number of piperazine rings is 1. The Hall–Kier alpha value is -2.19. The zero-order valence-electron chi connectivity index (χ0n) is 15.2. The van der Waals surface area contributed by atoms with Gasteiger partial charge in [0, 0.05) is 25.2 Å². The highest BCUT2D eigenvalue weighted by molar-refractivity contribution is 7.89. The van der Waals surface area contributed by atoms with Gasteiger partial charge in [0.1, 0.15) is 0 Å². The van der Waals surface area contributed by atoms with Gasteiger partial charge in [0.05, 0.1) is 11.4 Å². The van der Waals surface area contributed by atoms with E-state index < -0.39 is 10.0 Å². The zero-order chi connectivity index (χ0) is 19.3. The van der Waals surface area contributed by atoms with E-state index in [0.717, 1.165) is 23.6 Å². The first-order valence-corrected chi connectivity index (χ1v) is 10.7. The molecule has 1 saturated heterocycles. The molecule has 1 aromatic rings. The number of rotatable bonds is 6. The van der Waals surface area contributed by atoms with Crippen molar-refractivity contribution in [3.63, 3.8) is 0 Å². The van der Waals surface area contributed by atoms with Gasteiger partial charge in [-0.25, -0.2) is 8.42 Å². The summed E-state index contributed by atoms with van der Waals surface area (Å²) in [5.41, 5.74) is 1.68. The second-order valence-electron chi connectivity index (χ2n) is 6.83. The molecule has 1 aromatic carbocycles. The van der Waals surface area contributed by atoms with Gasteiger partial charge in [-0.1, -0.05) is 17.7 Å². The van der Waals surface area contributed by atoms with Crippen LogP contribution in [0.5, 0.6) is 0 Å². The van der Waals surface area contributed by atoms with Crippen LogP contribution in [0.15, 0.2) is 40.8 Å². The lowest BCUT2D eigenvalue weighted by atomic mass is 9.97. The molecule has 2 N–H and O–H groups in total. The molecule has 2 amide bonds. The third kappa shape index (κ3) is 4.95. The normalized spacial score (nSPS) is 18.5. The molecule has 0 saturated carbocycles. The molecule has 146 valence electrons. The Morgan fingerprint density at radius 1 is 1.26 bits per heavy atom. The molecule has 1 heterocycles. The first-order valence-electron chi connectivity index (χ1n) is 9.30. The fourth-order valence-corrected chi connectivity index (χ4v) is 4.78. The van der Waals surface area contributed by atoms with Gasteiger partial charge in [-0.05, 0) is 50.3 Å². The molecule has 27 heavy (non-hydrogen) atoms. The lowest BCUT2D eigenvalue weighted by molar-refractivity contribution is -0.122. The van der Waals surface area contributed by atoms with Gasteiger partial charge < -0.3 is 10.6 Å². The van der Waals surface area contributed by atoms with Gasteiger partial charge in [0.2, 0.25) is 15.9 Å². The van der Waals surface area contributed by atoms with Crippen molar-refractivity contribution < 1.29 is 18.0 Å². The fourth-order valence-electron chi connectivity index (χ4n) is 3.34. The molecule has 0 aromatic heterocycles. The minimum atomic E-state index is -3.81. The summed E-state index contributed by atoms with van der Waals surface area (Å²) in [6.07, 6.45) is 7.71. The van der Waals surface area contributed by atoms with Gasteiger partial charge in [-0.3, -0.25) is 9.59 Å². The first-order chi connectivity index (χ1) is 13.0. The topological polar surface area (TPSA) is 95.6 Å². The molecule has 3 rings (SSSR count). The number of sulfonamides is 1. The van der Waals surface area contributed by atoms with Crippen LogP contribution in [0.3, 0.4) is 0 Å². The van der Waals surface area contributed by atoms with Crippen molar-refractivity contribution in [2.75, 3.05) is 26.2 Å². The summed E-state index contributed by atoms with van der Waals surface area (Å²) in [5.74, 6) is -0.615. The molecule has 0 bridgehead atoms. The van der Waals surface area contributed by atoms with E-state index in [-0.39, 0.29) is 36.3 Å². The van der Waals surface area contributed by atoms with E-state index in [0.29, 0.717) is 12.1 Å². The maximum Gasteiger partial charge on any atom is 0.251 e. The predicted octanol–water partition coefficient (Wildman–Crippen LogP) is 1.43. The van der Waals surface area contributed by atoms with E-state index in [1.807, 2.05) is 0 Å². The number of carbonyl (C=O) groups is 2. The van der Waals surface area contributed by atoms with Gasteiger partial charge in [-0.2, -0.15) is 4.31 Å². The van der Waals surface area contributed by atoms with E-state index in [4.69, 9.17) is 0 Å². The second-order valence-corrected chi connectivity index (χ2v) is 8.77. The summed E-state index contributed by atoms with van der Waals surface area (Å²) in [5, 5.41) is 5.46. The summed E-state index contributed by atoms with van der Waals surface area (Å²) in [6.45, 7) is 0.843. The van der Waals surface area contributed by atoms with Crippen LogP contribution >= 0.6 is 0 Å². The zero-order valence-corrected chi connectivity index (χ0v) is 16.1. The Balaban J connectivity index is 1.64. The monoisotopic (exact) mass is 391 g/mol. The standard InChI is InChI=1S/C19H25N3O4S/c23-18-14-22(12-11-20-18)27(25,26)17-8-4-7-16(13-17)19(24)21-10-9-15-5-2-1-3-6-15/h4-5,7-8,13H,1-3,6,9-12,14H2,(H,20,23)(H,21,24). The van der Waals surface area contributed by atoms with Crippen molar-refractivity contribution >= 4 is 21.8 Å². The van der Waals surface area contributed by atoms with Crippen molar-refractivity contribution in [2.24, 2.45) is 0 Å². The molecule has 8 heteroatoms. The Morgan fingerprint density at radius 3 is 2.85 bits per heavy atom. The minimum absolute atomic E-state index is 0.0276. The number of benzene rings is 1. The van der Waals surface area contributed by atoms with E-state index in [2.05, 4.69) is 16.7 Å². The summed E-state index contributed by atoms with van der Waals surface area (Å²) >= 11 is 0. The summed E-state index contributed by atoms with van der Waals surface area (Å²) in [6, 6.07) is 5.97. The van der Waals surface area contributed by atoms with Gasteiger partial charge in [-0.15, -0.1) is 0 Å². The maximum absolute atomic E-state index is 12.7. The number of carbonyl (C=O) groups excluding carboxylic acids is 2. The molecular weight excluding hydrogens is 366 g/mol. The average Bonchev–Trinajstić information content (AvgIpc) is 2.69. The van der Waals surface area contributed by atoms with Crippen molar-refractivity contribution in [2.45, 2.75) is 37.0 Å². The van der Waals surface area contributed by atoms with Crippen molar-refractivity contribution in [1.82, 2.24) is 14.9 Å². The van der Waals surface area contributed by atoms with Gasteiger partial charge >= 0.3 is 0 Å². The highest BCUT2D eigenvalue weighted by atomic mass is 32.2. The molecule has 0 unspecified atom stereocenters. The summed E-state index contributed by atoms with van der Waals surface area (Å²) in [7, 11) is -3.81. The van der Waals surface area contributed by atoms with Crippen molar-refractivity contribution in [3.05, 3.63) is 41.5 Å². The summed E-state index contributed by atoms with van der Waals surface area (Å²) in [4.78, 5) is 23.9. The van der Waals surface area contributed by atoms with Crippen LogP contribution in [-0.2, 0) is 14.8 Å².